The molecule has 120 valence electrons. The summed E-state index contributed by atoms with van der Waals surface area (Å²) in [6.45, 7) is 3.18. The van der Waals surface area contributed by atoms with Gasteiger partial charge in [0, 0.05) is 39.2 Å². The lowest BCUT2D eigenvalue weighted by molar-refractivity contribution is -0.137. The van der Waals surface area contributed by atoms with Gasteiger partial charge in [-0.3, -0.25) is 4.79 Å². The third kappa shape index (κ3) is 4.59. The third-order valence-corrected chi connectivity index (χ3v) is 4.79. The number of carbonyl (C=O) groups is 2. The fourth-order valence-electron chi connectivity index (χ4n) is 3.25. The Bertz CT molecular complexity index is 359. The van der Waals surface area contributed by atoms with Crippen molar-refractivity contribution in [1.29, 1.82) is 0 Å². The summed E-state index contributed by atoms with van der Waals surface area (Å²) in [7, 11) is 0. The summed E-state index contributed by atoms with van der Waals surface area (Å²) in [5.41, 5.74) is 0. The number of rotatable bonds is 4. The Balaban J connectivity index is 1.72. The normalized spacial score (nSPS) is 21.6. The molecule has 0 aromatic heterocycles. The predicted molar refractivity (Wildman–Crippen MR) is 77.9 cm³/mol. The average molecular weight is 298 g/mol. The van der Waals surface area contributed by atoms with E-state index in [1.165, 1.54) is 0 Å². The number of aliphatic carboxylic acids is 1. The van der Waals surface area contributed by atoms with Crippen LogP contribution < -0.4 is 0 Å². The second-order valence-corrected chi connectivity index (χ2v) is 6.26. The van der Waals surface area contributed by atoms with Crippen molar-refractivity contribution < 1.29 is 19.8 Å². The van der Waals surface area contributed by atoms with Crippen LogP contribution in [0.5, 0.6) is 0 Å². The molecule has 0 atom stereocenters. The van der Waals surface area contributed by atoms with E-state index in [1.54, 1.807) is 0 Å². The average Bonchev–Trinajstić information content (AvgIpc) is 2.53. The Kier molecular flexibility index (Phi) is 5.85. The number of urea groups is 1. The second-order valence-electron chi connectivity index (χ2n) is 6.26. The highest BCUT2D eigenvalue weighted by atomic mass is 16.4. The lowest BCUT2D eigenvalue weighted by atomic mass is 9.92. The first-order chi connectivity index (χ1) is 10.1. The smallest absolute Gasteiger partial charge is 0.319 e. The minimum Gasteiger partial charge on any atom is -0.481 e. The fourth-order valence-corrected chi connectivity index (χ4v) is 3.25. The maximum atomic E-state index is 12.4. The number of nitrogens with zero attached hydrogens (tertiary/aromatic N) is 2. The number of likely N-dealkylation sites (tertiary alicyclic amines) is 2. The van der Waals surface area contributed by atoms with Crippen molar-refractivity contribution in [2.45, 2.75) is 38.5 Å². The number of hydrogen-bond donors (Lipinski definition) is 2. The zero-order chi connectivity index (χ0) is 15.2. The van der Waals surface area contributed by atoms with Gasteiger partial charge in [0.1, 0.15) is 0 Å². The monoisotopic (exact) mass is 298 g/mol. The fraction of sp³-hybridized carbons (Fsp3) is 0.867. The van der Waals surface area contributed by atoms with Crippen molar-refractivity contribution >= 4 is 12.0 Å². The minimum atomic E-state index is -0.736. The number of carbonyl (C=O) groups excluding carboxylic acids is 1. The number of amides is 2. The van der Waals surface area contributed by atoms with Gasteiger partial charge in [-0.1, -0.05) is 0 Å². The molecule has 2 N–H and O–H groups in total. The molecule has 0 aliphatic carbocycles. The zero-order valence-corrected chi connectivity index (χ0v) is 12.5. The topological polar surface area (TPSA) is 81.1 Å². The molecule has 2 fully saturated rings. The van der Waals surface area contributed by atoms with Gasteiger partial charge in [-0.15, -0.1) is 0 Å². The van der Waals surface area contributed by atoms with Crippen LogP contribution in [0.3, 0.4) is 0 Å². The molecule has 0 spiro atoms. The largest absolute Gasteiger partial charge is 0.481 e. The Morgan fingerprint density at radius 2 is 1.38 bits per heavy atom. The Morgan fingerprint density at radius 1 is 0.905 bits per heavy atom. The van der Waals surface area contributed by atoms with Crippen LogP contribution in [0.15, 0.2) is 0 Å². The first kappa shape index (κ1) is 16.1. The van der Waals surface area contributed by atoms with Crippen LogP contribution in [-0.2, 0) is 4.79 Å². The number of aliphatic hydroxyl groups excluding tert-OH is 1. The maximum absolute atomic E-state index is 12.4. The molecule has 2 amide bonds. The third-order valence-electron chi connectivity index (χ3n) is 4.79. The van der Waals surface area contributed by atoms with Crippen LogP contribution in [0.1, 0.15) is 38.5 Å². The summed E-state index contributed by atoms with van der Waals surface area (Å²) in [5.74, 6) is 0.0429. The molecular formula is C15H26N2O4. The molecule has 6 nitrogen and oxygen atoms in total. The van der Waals surface area contributed by atoms with E-state index in [1.807, 2.05) is 9.80 Å². The molecule has 0 bridgehead atoms. The lowest BCUT2D eigenvalue weighted by Gasteiger charge is -2.38. The van der Waals surface area contributed by atoms with Crippen LogP contribution in [0.4, 0.5) is 4.79 Å². The van der Waals surface area contributed by atoms with Crippen LogP contribution >= 0.6 is 0 Å². The van der Waals surface area contributed by atoms with Gasteiger partial charge in [0.2, 0.25) is 0 Å². The highest BCUT2D eigenvalue weighted by Crippen LogP contribution is 2.24. The Hall–Kier alpha value is -1.30. The molecule has 0 unspecified atom stereocenters. The highest BCUT2D eigenvalue weighted by molar-refractivity contribution is 5.74. The zero-order valence-electron chi connectivity index (χ0n) is 12.5. The van der Waals surface area contributed by atoms with Crippen molar-refractivity contribution in [3.8, 4) is 0 Å². The quantitative estimate of drug-likeness (QED) is 0.822. The summed E-state index contributed by atoms with van der Waals surface area (Å²) >= 11 is 0. The molecule has 0 saturated carbocycles. The summed E-state index contributed by atoms with van der Waals surface area (Å²) < 4.78 is 0. The van der Waals surface area contributed by atoms with Crippen molar-refractivity contribution in [2.24, 2.45) is 11.8 Å². The van der Waals surface area contributed by atoms with E-state index >= 15 is 0 Å². The molecule has 0 aromatic carbocycles. The number of aliphatic hydroxyl groups is 1. The van der Waals surface area contributed by atoms with Gasteiger partial charge in [0.05, 0.1) is 0 Å². The SMILES string of the molecule is O=C(O)CCC1CCN(C(=O)N2CCC(CO)CC2)CC1. The number of hydrogen-bond acceptors (Lipinski definition) is 3. The van der Waals surface area contributed by atoms with Gasteiger partial charge in [-0.05, 0) is 43.9 Å². The van der Waals surface area contributed by atoms with E-state index in [2.05, 4.69) is 0 Å². The van der Waals surface area contributed by atoms with Crippen molar-refractivity contribution in [2.75, 3.05) is 32.8 Å². The predicted octanol–water partition coefficient (Wildman–Crippen LogP) is 1.39. The van der Waals surface area contributed by atoms with Crippen LogP contribution in [0, 0.1) is 11.8 Å². The summed E-state index contributed by atoms with van der Waals surface area (Å²) in [6, 6.07) is 0.114. The van der Waals surface area contributed by atoms with E-state index in [0.717, 1.165) is 58.3 Å². The van der Waals surface area contributed by atoms with Gasteiger partial charge < -0.3 is 20.0 Å². The molecule has 2 saturated heterocycles. The molecule has 0 aromatic rings. The van der Waals surface area contributed by atoms with Crippen molar-refractivity contribution in [1.82, 2.24) is 9.80 Å². The number of carboxylic acids is 1. The molecular weight excluding hydrogens is 272 g/mol. The molecule has 2 aliphatic rings. The first-order valence-electron chi connectivity index (χ1n) is 7.96. The van der Waals surface area contributed by atoms with Crippen LogP contribution in [0.25, 0.3) is 0 Å². The Labute approximate surface area is 125 Å². The van der Waals surface area contributed by atoms with Gasteiger partial charge in [-0.2, -0.15) is 0 Å². The summed E-state index contributed by atoms with van der Waals surface area (Å²) in [4.78, 5) is 26.8. The molecule has 0 radical (unpaired) electrons. The highest BCUT2D eigenvalue weighted by Gasteiger charge is 2.28. The van der Waals surface area contributed by atoms with E-state index in [4.69, 9.17) is 10.2 Å². The molecule has 6 heteroatoms. The molecule has 2 rings (SSSR count). The first-order valence-corrected chi connectivity index (χ1v) is 7.96. The van der Waals surface area contributed by atoms with E-state index in [0.29, 0.717) is 11.8 Å². The van der Waals surface area contributed by atoms with E-state index in [9.17, 15) is 9.59 Å². The van der Waals surface area contributed by atoms with Gasteiger partial charge in [0.15, 0.2) is 0 Å². The van der Waals surface area contributed by atoms with E-state index in [-0.39, 0.29) is 19.1 Å². The van der Waals surface area contributed by atoms with Crippen molar-refractivity contribution in [3.05, 3.63) is 0 Å². The van der Waals surface area contributed by atoms with Gasteiger partial charge >= 0.3 is 12.0 Å². The lowest BCUT2D eigenvalue weighted by Crippen LogP contribution is -2.49. The maximum Gasteiger partial charge on any atom is 0.319 e. The van der Waals surface area contributed by atoms with Gasteiger partial charge in [0.25, 0.3) is 0 Å². The summed E-state index contributed by atoms with van der Waals surface area (Å²) in [6.07, 6.45) is 4.54. The van der Waals surface area contributed by atoms with E-state index < -0.39 is 5.97 Å². The van der Waals surface area contributed by atoms with Gasteiger partial charge in [-0.25, -0.2) is 4.79 Å². The minimum absolute atomic E-state index is 0.114. The molecule has 21 heavy (non-hydrogen) atoms. The van der Waals surface area contributed by atoms with Crippen LogP contribution in [0.2, 0.25) is 0 Å². The molecule has 2 heterocycles. The number of piperidine rings is 2. The van der Waals surface area contributed by atoms with Crippen LogP contribution in [-0.4, -0.2) is 64.8 Å². The Morgan fingerprint density at radius 3 is 1.81 bits per heavy atom. The summed E-state index contributed by atoms with van der Waals surface area (Å²) in [5, 5.41) is 17.8. The van der Waals surface area contributed by atoms with Crippen molar-refractivity contribution in [3.63, 3.8) is 0 Å². The molecule has 2 aliphatic heterocycles. The number of carboxylic acid groups (broad SMARTS) is 1. The standard InChI is InChI=1S/C15H26N2O4/c18-11-13-5-9-17(10-6-13)15(21)16-7-3-12(4-8-16)1-2-14(19)20/h12-13,18H,1-11H2,(H,19,20). The second kappa shape index (κ2) is 7.64.